The Morgan fingerprint density at radius 3 is 2.90 bits per heavy atom. The predicted molar refractivity (Wildman–Crippen MR) is 125 cm³/mol. The van der Waals surface area contributed by atoms with E-state index in [0.29, 0.717) is 41.9 Å². The Bertz CT molecular complexity index is 1120. The summed E-state index contributed by atoms with van der Waals surface area (Å²) in [5.41, 5.74) is 3.63. The number of aromatic nitrogens is 2. The minimum absolute atomic E-state index is 0.0138. The number of nitrogens with zero attached hydrogens (tertiary/aromatic N) is 2. The number of halogens is 3. The fraction of sp³-hybridized carbons (Fsp3) is 0.333. The van der Waals surface area contributed by atoms with Gasteiger partial charge in [-0.25, -0.2) is 14.9 Å². The molecule has 7 nitrogen and oxygen atoms in total. The molecule has 1 fully saturated rings. The molecule has 2 N–H and O–H groups in total. The largest absolute Gasteiger partial charge is 0.383 e. The lowest BCUT2D eigenvalue weighted by Crippen LogP contribution is -2.26. The number of fused-ring (bicyclic) bond motifs is 1. The molecule has 3 aromatic rings. The van der Waals surface area contributed by atoms with E-state index >= 15 is 4.39 Å². The Morgan fingerprint density at radius 2 is 2.19 bits per heavy atom. The van der Waals surface area contributed by atoms with Gasteiger partial charge in [-0.15, -0.1) is 0 Å². The second kappa shape index (κ2) is 9.68. The molecule has 1 aromatic heterocycles. The minimum atomic E-state index is -0.643. The zero-order valence-electron chi connectivity index (χ0n) is 16.8. The summed E-state index contributed by atoms with van der Waals surface area (Å²) in [4.78, 5) is 22.4. The Kier molecular flexibility index (Phi) is 6.95. The van der Waals surface area contributed by atoms with Crippen molar-refractivity contribution in [3.05, 3.63) is 50.6 Å². The molecule has 0 saturated heterocycles. The fourth-order valence-electron chi connectivity index (χ4n) is 3.12. The van der Waals surface area contributed by atoms with Crippen molar-refractivity contribution < 1.29 is 18.8 Å². The van der Waals surface area contributed by atoms with Crippen molar-refractivity contribution >= 4 is 62.5 Å². The molecule has 2 aromatic carbocycles. The predicted octanol–water partition coefficient (Wildman–Crippen LogP) is 4.89. The fourth-order valence-corrected chi connectivity index (χ4v) is 4.02. The molecule has 0 atom stereocenters. The maximum atomic E-state index is 15.5. The Morgan fingerprint density at radius 1 is 1.39 bits per heavy atom. The molecule has 1 heterocycles. The number of rotatable bonds is 9. The number of imidazole rings is 1. The van der Waals surface area contributed by atoms with Gasteiger partial charge in [-0.2, -0.15) is 0 Å². The number of carbonyl (C=O) groups excluding carboxylic acids is 1. The molecule has 0 radical (unpaired) electrons. The smallest absolute Gasteiger partial charge is 0.277 e. The van der Waals surface area contributed by atoms with Crippen LogP contribution in [0.4, 0.5) is 15.8 Å². The number of carbonyl (C=O) groups is 1. The van der Waals surface area contributed by atoms with Crippen molar-refractivity contribution in [2.24, 2.45) is 5.92 Å². The number of benzene rings is 2. The maximum absolute atomic E-state index is 15.5. The van der Waals surface area contributed by atoms with Crippen LogP contribution in [0.1, 0.15) is 23.2 Å². The summed E-state index contributed by atoms with van der Waals surface area (Å²) in [6.45, 7) is 1.34. The molecule has 0 unspecified atom stereocenters. The van der Waals surface area contributed by atoms with Crippen LogP contribution in [-0.4, -0.2) is 35.8 Å². The molecule has 1 amide bonds. The summed E-state index contributed by atoms with van der Waals surface area (Å²) in [6, 6.07) is 6.91. The van der Waals surface area contributed by atoms with E-state index in [4.69, 9.17) is 21.2 Å². The van der Waals surface area contributed by atoms with Crippen LogP contribution < -0.4 is 10.8 Å². The Balaban J connectivity index is 1.73. The topological polar surface area (TPSA) is 77.4 Å². The molecule has 1 aliphatic rings. The number of hydrogen-bond donors (Lipinski definition) is 2. The molecule has 1 aliphatic carbocycles. The van der Waals surface area contributed by atoms with Gasteiger partial charge < -0.3 is 14.6 Å². The first-order valence-electron chi connectivity index (χ1n) is 9.78. The molecule has 0 bridgehead atoms. The van der Waals surface area contributed by atoms with Gasteiger partial charge >= 0.3 is 0 Å². The second-order valence-electron chi connectivity index (χ2n) is 7.35. The SMILES string of the molecule is COCCn1cnc2c(F)c(Nc3ccc(I)cc3Cl)c(C(=O)NOCC3CC3)cc21. The highest BCUT2D eigenvalue weighted by atomic mass is 127. The van der Waals surface area contributed by atoms with Gasteiger partial charge in [0, 0.05) is 17.2 Å². The zero-order valence-corrected chi connectivity index (χ0v) is 19.7. The van der Waals surface area contributed by atoms with E-state index in [2.05, 4.69) is 38.4 Å². The van der Waals surface area contributed by atoms with Crippen molar-refractivity contribution in [2.75, 3.05) is 25.6 Å². The first-order valence-corrected chi connectivity index (χ1v) is 11.2. The van der Waals surface area contributed by atoms with Gasteiger partial charge in [-0.1, -0.05) is 11.6 Å². The molecule has 10 heteroatoms. The Hall–Kier alpha value is -1.95. The van der Waals surface area contributed by atoms with Crippen molar-refractivity contribution in [2.45, 2.75) is 19.4 Å². The standard InChI is InChI=1S/C21H21ClFIN4O3/c1-30-7-6-28-11-25-20-17(28)9-14(21(29)27-31-10-12-2-3-12)19(18(20)23)26-16-5-4-13(24)8-15(16)22/h4-5,8-9,11-12,26H,2-3,6-7,10H2,1H3,(H,27,29). The van der Waals surface area contributed by atoms with E-state index in [9.17, 15) is 4.79 Å². The molecule has 4 rings (SSSR count). The van der Waals surface area contributed by atoms with Crippen molar-refractivity contribution in [3.63, 3.8) is 0 Å². The van der Waals surface area contributed by atoms with Crippen LogP contribution in [0.2, 0.25) is 5.02 Å². The van der Waals surface area contributed by atoms with E-state index in [-0.39, 0.29) is 16.8 Å². The number of anilines is 2. The van der Waals surface area contributed by atoms with E-state index < -0.39 is 11.7 Å². The molecule has 0 spiro atoms. The summed E-state index contributed by atoms with van der Waals surface area (Å²) >= 11 is 8.46. The van der Waals surface area contributed by atoms with Crippen LogP contribution in [0.25, 0.3) is 11.0 Å². The first kappa shape index (κ1) is 22.3. The number of amides is 1. The van der Waals surface area contributed by atoms with Gasteiger partial charge in [0.15, 0.2) is 5.82 Å². The van der Waals surface area contributed by atoms with Crippen molar-refractivity contribution in [1.29, 1.82) is 0 Å². The van der Waals surface area contributed by atoms with E-state index in [0.717, 1.165) is 16.4 Å². The summed E-state index contributed by atoms with van der Waals surface area (Å²) in [5, 5.41) is 3.38. The second-order valence-corrected chi connectivity index (χ2v) is 9.00. The normalized spacial score (nSPS) is 13.5. The minimum Gasteiger partial charge on any atom is -0.383 e. The van der Waals surface area contributed by atoms with Crippen LogP contribution in [0, 0.1) is 15.3 Å². The van der Waals surface area contributed by atoms with Crippen LogP contribution in [-0.2, 0) is 16.1 Å². The van der Waals surface area contributed by atoms with Gasteiger partial charge in [-0.3, -0.25) is 9.63 Å². The average Bonchev–Trinajstić information content (AvgIpc) is 3.48. The van der Waals surface area contributed by atoms with Crippen LogP contribution >= 0.6 is 34.2 Å². The number of hydrogen-bond acceptors (Lipinski definition) is 5. The molecule has 31 heavy (non-hydrogen) atoms. The highest BCUT2D eigenvalue weighted by Gasteiger charge is 2.25. The molecule has 0 aliphatic heterocycles. The summed E-state index contributed by atoms with van der Waals surface area (Å²) in [6.07, 6.45) is 3.71. The lowest BCUT2D eigenvalue weighted by molar-refractivity contribution is 0.0271. The van der Waals surface area contributed by atoms with E-state index in [1.165, 1.54) is 6.33 Å². The molecular formula is C21H21ClFIN4O3. The van der Waals surface area contributed by atoms with Crippen LogP contribution in [0.15, 0.2) is 30.6 Å². The number of hydroxylamine groups is 1. The van der Waals surface area contributed by atoms with Gasteiger partial charge in [0.25, 0.3) is 5.91 Å². The monoisotopic (exact) mass is 558 g/mol. The lowest BCUT2D eigenvalue weighted by atomic mass is 10.1. The molecular weight excluding hydrogens is 538 g/mol. The van der Waals surface area contributed by atoms with Gasteiger partial charge in [0.1, 0.15) is 5.52 Å². The quantitative estimate of drug-likeness (QED) is 0.289. The van der Waals surface area contributed by atoms with Crippen molar-refractivity contribution in [3.8, 4) is 0 Å². The van der Waals surface area contributed by atoms with Crippen LogP contribution in [0.3, 0.4) is 0 Å². The Labute approximate surface area is 197 Å². The average molecular weight is 559 g/mol. The number of ether oxygens (including phenoxy) is 1. The lowest BCUT2D eigenvalue weighted by Gasteiger charge is -2.15. The highest BCUT2D eigenvalue weighted by Crippen LogP contribution is 2.34. The van der Waals surface area contributed by atoms with Crippen molar-refractivity contribution in [1.82, 2.24) is 15.0 Å². The van der Waals surface area contributed by atoms with E-state index in [1.54, 1.807) is 29.9 Å². The third kappa shape index (κ3) is 5.11. The van der Waals surface area contributed by atoms with E-state index in [1.807, 2.05) is 6.07 Å². The van der Waals surface area contributed by atoms with Crippen LogP contribution in [0.5, 0.6) is 0 Å². The van der Waals surface area contributed by atoms with Gasteiger partial charge in [-0.05, 0) is 65.6 Å². The molecule has 1 saturated carbocycles. The highest BCUT2D eigenvalue weighted by molar-refractivity contribution is 14.1. The number of methoxy groups -OCH3 is 1. The third-order valence-corrected chi connectivity index (χ3v) is 5.99. The summed E-state index contributed by atoms with van der Waals surface area (Å²) in [5.74, 6) is -0.723. The summed E-state index contributed by atoms with van der Waals surface area (Å²) in [7, 11) is 1.59. The van der Waals surface area contributed by atoms with Gasteiger partial charge in [0.2, 0.25) is 0 Å². The molecule has 164 valence electrons. The zero-order chi connectivity index (χ0) is 22.0. The summed E-state index contributed by atoms with van der Waals surface area (Å²) < 4.78 is 23.3. The third-order valence-electron chi connectivity index (χ3n) is 5.01. The van der Waals surface area contributed by atoms with Gasteiger partial charge in [0.05, 0.1) is 47.0 Å². The number of nitrogens with one attached hydrogen (secondary N) is 2. The first-order chi connectivity index (χ1) is 15.0. The maximum Gasteiger partial charge on any atom is 0.277 e.